The number of hydrogen-bond acceptors (Lipinski definition) is 5. The lowest BCUT2D eigenvalue weighted by Crippen LogP contribution is -2.51. The van der Waals surface area contributed by atoms with Crippen molar-refractivity contribution in [2.24, 2.45) is 0 Å². The van der Waals surface area contributed by atoms with E-state index in [2.05, 4.69) is 6.92 Å². The van der Waals surface area contributed by atoms with Crippen molar-refractivity contribution in [3.8, 4) is 0 Å². The predicted molar refractivity (Wildman–Crippen MR) is 87.0 cm³/mol. The van der Waals surface area contributed by atoms with Gasteiger partial charge in [-0.25, -0.2) is 9.59 Å². The largest absolute Gasteiger partial charge is 0.464 e. The van der Waals surface area contributed by atoms with E-state index < -0.39 is 24.1 Å². The summed E-state index contributed by atoms with van der Waals surface area (Å²) in [5.74, 6) is -0.790. The molecule has 7 heteroatoms. The van der Waals surface area contributed by atoms with E-state index in [4.69, 9.17) is 9.47 Å². The fourth-order valence-corrected chi connectivity index (χ4v) is 1.84. The SMILES string of the molecule is CCCCCOC(=O)C(C)N(C)C(=O)C(C)N(C)C(=O)OCC. The van der Waals surface area contributed by atoms with E-state index in [1.165, 1.54) is 23.9 Å². The second kappa shape index (κ2) is 10.9. The highest BCUT2D eigenvalue weighted by Gasteiger charge is 2.31. The average Bonchev–Trinajstić information content (AvgIpc) is 2.55. The smallest absolute Gasteiger partial charge is 0.410 e. The van der Waals surface area contributed by atoms with Gasteiger partial charge < -0.3 is 14.4 Å². The summed E-state index contributed by atoms with van der Waals surface area (Å²) < 4.78 is 10.0. The molecule has 2 atom stereocenters. The summed E-state index contributed by atoms with van der Waals surface area (Å²) in [6, 6.07) is -1.43. The number of ether oxygens (including phenoxy) is 2. The molecule has 0 rings (SSSR count). The van der Waals surface area contributed by atoms with Crippen molar-refractivity contribution in [3.05, 3.63) is 0 Å². The zero-order chi connectivity index (χ0) is 18.0. The van der Waals surface area contributed by atoms with Crippen LogP contribution in [0.15, 0.2) is 0 Å². The van der Waals surface area contributed by atoms with Gasteiger partial charge in [-0.2, -0.15) is 0 Å². The van der Waals surface area contributed by atoms with Crippen LogP contribution in [0.5, 0.6) is 0 Å². The number of hydrogen-bond donors (Lipinski definition) is 0. The maximum Gasteiger partial charge on any atom is 0.410 e. The molecular weight excluding hydrogens is 300 g/mol. The van der Waals surface area contributed by atoms with E-state index in [9.17, 15) is 14.4 Å². The van der Waals surface area contributed by atoms with Crippen LogP contribution < -0.4 is 0 Å². The highest BCUT2D eigenvalue weighted by atomic mass is 16.6. The summed E-state index contributed by atoms with van der Waals surface area (Å²) in [6.45, 7) is 7.56. The van der Waals surface area contributed by atoms with Crippen LogP contribution in [-0.4, -0.2) is 67.2 Å². The van der Waals surface area contributed by atoms with Gasteiger partial charge in [-0.1, -0.05) is 19.8 Å². The first-order chi connectivity index (χ1) is 10.8. The number of esters is 1. The number of likely N-dealkylation sites (N-methyl/N-ethyl adjacent to an activating group) is 2. The molecule has 0 aromatic carbocycles. The van der Waals surface area contributed by atoms with Crippen LogP contribution in [0.2, 0.25) is 0 Å². The molecule has 0 aromatic rings. The lowest BCUT2D eigenvalue weighted by molar-refractivity contribution is -0.154. The molecule has 0 aromatic heterocycles. The number of carbonyl (C=O) groups is 3. The molecule has 0 heterocycles. The molecular formula is C16H30N2O5. The lowest BCUT2D eigenvalue weighted by Gasteiger charge is -2.30. The summed E-state index contributed by atoms with van der Waals surface area (Å²) >= 11 is 0. The van der Waals surface area contributed by atoms with E-state index >= 15 is 0 Å². The van der Waals surface area contributed by atoms with Gasteiger partial charge in [-0.15, -0.1) is 0 Å². The monoisotopic (exact) mass is 330 g/mol. The Morgan fingerprint density at radius 1 is 0.913 bits per heavy atom. The van der Waals surface area contributed by atoms with Gasteiger partial charge in [-0.3, -0.25) is 9.69 Å². The number of carbonyl (C=O) groups excluding carboxylic acids is 3. The molecule has 23 heavy (non-hydrogen) atoms. The molecule has 2 amide bonds. The maximum absolute atomic E-state index is 12.4. The van der Waals surface area contributed by atoms with Gasteiger partial charge in [0, 0.05) is 14.1 Å². The molecule has 0 aliphatic heterocycles. The maximum atomic E-state index is 12.4. The number of amides is 2. The first-order valence-electron chi connectivity index (χ1n) is 8.10. The highest BCUT2D eigenvalue weighted by molar-refractivity contribution is 5.89. The normalized spacial score (nSPS) is 13.0. The van der Waals surface area contributed by atoms with Crippen molar-refractivity contribution in [2.75, 3.05) is 27.3 Å². The third-order valence-corrected chi connectivity index (χ3v) is 3.76. The van der Waals surface area contributed by atoms with Crippen LogP contribution in [0.3, 0.4) is 0 Å². The first kappa shape index (κ1) is 21.2. The van der Waals surface area contributed by atoms with E-state index in [0.717, 1.165) is 19.3 Å². The Bertz CT molecular complexity index is 400. The van der Waals surface area contributed by atoms with Gasteiger partial charge in [0.1, 0.15) is 12.1 Å². The fraction of sp³-hybridized carbons (Fsp3) is 0.812. The van der Waals surface area contributed by atoms with Crippen molar-refractivity contribution < 1.29 is 23.9 Å². The number of nitrogens with zero attached hydrogens (tertiary/aromatic N) is 2. The molecule has 0 radical (unpaired) electrons. The standard InChI is InChI=1S/C16H30N2O5/c1-7-9-10-11-23-15(20)13(4)17(5)14(19)12(3)18(6)16(21)22-8-2/h12-13H,7-11H2,1-6H3. The second-order valence-corrected chi connectivity index (χ2v) is 5.49. The second-order valence-electron chi connectivity index (χ2n) is 5.49. The topological polar surface area (TPSA) is 76.2 Å². The van der Waals surface area contributed by atoms with Crippen LogP contribution in [0, 0.1) is 0 Å². The fourth-order valence-electron chi connectivity index (χ4n) is 1.84. The first-order valence-corrected chi connectivity index (χ1v) is 8.10. The third-order valence-electron chi connectivity index (χ3n) is 3.76. The van der Waals surface area contributed by atoms with E-state index in [1.807, 2.05) is 0 Å². The minimum atomic E-state index is -0.727. The van der Waals surface area contributed by atoms with Crippen molar-refractivity contribution >= 4 is 18.0 Å². The Labute approximate surface area is 138 Å². The van der Waals surface area contributed by atoms with Crippen molar-refractivity contribution in [1.29, 1.82) is 0 Å². The number of unbranched alkanes of at least 4 members (excludes halogenated alkanes) is 2. The minimum absolute atomic E-state index is 0.237. The molecule has 2 unspecified atom stereocenters. The van der Waals surface area contributed by atoms with Crippen LogP contribution in [-0.2, 0) is 19.1 Å². The minimum Gasteiger partial charge on any atom is -0.464 e. The van der Waals surface area contributed by atoms with Gasteiger partial charge in [0.15, 0.2) is 0 Å². The Balaban J connectivity index is 4.55. The molecule has 0 aliphatic rings. The van der Waals surface area contributed by atoms with Gasteiger partial charge in [-0.05, 0) is 27.2 Å². The Kier molecular flexibility index (Phi) is 10.0. The molecule has 0 aliphatic carbocycles. The van der Waals surface area contributed by atoms with E-state index in [0.29, 0.717) is 6.61 Å². The van der Waals surface area contributed by atoms with Gasteiger partial charge in [0.25, 0.3) is 0 Å². The molecule has 0 bridgehead atoms. The Morgan fingerprint density at radius 2 is 1.52 bits per heavy atom. The molecule has 0 saturated carbocycles. The van der Waals surface area contributed by atoms with E-state index in [1.54, 1.807) is 20.8 Å². The average molecular weight is 330 g/mol. The van der Waals surface area contributed by atoms with Crippen LogP contribution in [0.25, 0.3) is 0 Å². The highest BCUT2D eigenvalue weighted by Crippen LogP contribution is 2.08. The summed E-state index contributed by atoms with van der Waals surface area (Å²) in [6.07, 6.45) is 2.28. The van der Waals surface area contributed by atoms with Gasteiger partial charge in [0.2, 0.25) is 5.91 Å². The van der Waals surface area contributed by atoms with Crippen molar-refractivity contribution in [2.45, 2.75) is 59.0 Å². The zero-order valence-electron chi connectivity index (χ0n) is 15.1. The van der Waals surface area contributed by atoms with Crippen molar-refractivity contribution in [3.63, 3.8) is 0 Å². The quantitative estimate of drug-likeness (QED) is 0.478. The van der Waals surface area contributed by atoms with Crippen LogP contribution in [0.1, 0.15) is 47.0 Å². The van der Waals surface area contributed by atoms with Crippen molar-refractivity contribution in [1.82, 2.24) is 9.80 Å². The summed E-state index contributed by atoms with van der Waals surface area (Å²) in [7, 11) is 3.01. The zero-order valence-corrected chi connectivity index (χ0v) is 15.1. The summed E-state index contributed by atoms with van der Waals surface area (Å²) in [4.78, 5) is 38.5. The third kappa shape index (κ3) is 6.88. The Hall–Kier alpha value is -1.79. The summed E-state index contributed by atoms with van der Waals surface area (Å²) in [5, 5.41) is 0. The molecule has 0 fully saturated rings. The molecule has 7 nitrogen and oxygen atoms in total. The van der Waals surface area contributed by atoms with Crippen LogP contribution >= 0.6 is 0 Å². The molecule has 0 spiro atoms. The lowest BCUT2D eigenvalue weighted by atomic mass is 10.2. The van der Waals surface area contributed by atoms with Gasteiger partial charge in [0.05, 0.1) is 13.2 Å². The molecule has 0 saturated heterocycles. The van der Waals surface area contributed by atoms with Crippen LogP contribution in [0.4, 0.5) is 4.79 Å². The predicted octanol–water partition coefficient (Wildman–Crippen LogP) is 2.04. The number of rotatable bonds is 9. The van der Waals surface area contributed by atoms with E-state index in [-0.39, 0.29) is 12.5 Å². The summed E-state index contributed by atoms with van der Waals surface area (Å²) in [5.41, 5.74) is 0. The molecule has 134 valence electrons. The van der Waals surface area contributed by atoms with Gasteiger partial charge >= 0.3 is 12.1 Å². The molecule has 0 N–H and O–H groups in total. The Morgan fingerprint density at radius 3 is 2.04 bits per heavy atom.